The zero-order chi connectivity index (χ0) is 23.7. The van der Waals surface area contributed by atoms with Gasteiger partial charge in [0, 0.05) is 36.8 Å². The number of H-pyrrole nitrogens is 1. The number of anilines is 1. The summed E-state index contributed by atoms with van der Waals surface area (Å²) >= 11 is 0. The number of aliphatic hydroxyl groups is 1. The monoisotopic (exact) mass is 477 g/mol. The van der Waals surface area contributed by atoms with Crippen molar-refractivity contribution in [2.24, 2.45) is 5.92 Å². The maximum absolute atomic E-state index is 12.8. The van der Waals surface area contributed by atoms with Crippen molar-refractivity contribution in [2.75, 3.05) is 17.7 Å². The van der Waals surface area contributed by atoms with Crippen LogP contribution in [0.3, 0.4) is 0 Å². The first-order valence-corrected chi connectivity index (χ1v) is 12.6. The highest BCUT2D eigenvalue weighted by Crippen LogP contribution is 2.38. The number of nitrogens with one attached hydrogen (secondary N) is 2. The third-order valence-electron chi connectivity index (χ3n) is 6.10. The fraction of sp³-hybridized carbons (Fsp3) is 0.292. The quantitative estimate of drug-likeness (QED) is 0.351. The SMILES string of the molecule is N#Cc1cccc(S(=O)(=O)CC2CC(Nc3c(-c4nc(CCO)co4)cnc4[nH]ccc34)C2)c1. The Balaban J connectivity index is 1.32. The van der Waals surface area contributed by atoms with Crippen LogP contribution in [-0.4, -0.2) is 46.9 Å². The number of rotatable bonds is 8. The molecule has 0 aliphatic heterocycles. The fourth-order valence-electron chi connectivity index (χ4n) is 4.34. The van der Waals surface area contributed by atoms with E-state index in [9.17, 15) is 8.42 Å². The molecule has 34 heavy (non-hydrogen) atoms. The molecule has 1 aliphatic rings. The first-order chi connectivity index (χ1) is 16.5. The van der Waals surface area contributed by atoms with Crippen LogP contribution in [0.25, 0.3) is 22.5 Å². The smallest absolute Gasteiger partial charge is 0.229 e. The molecular formula is C24H23N5O4S. The lowest BCUT2D eigenvalue weighted by Crippen LogP contribution is -2.39. The maximum Gasteiger partial charge on any atom is 0.229 e. The summed E-state index contributed by atoms with van der Waals surface area (Å²) in [5, 5.41) is 22.7. The molecule has 1 saturated carbocycles. The van der Waals surface area contributed by atoms with Crippen LogP contribution in [0.4, 0.5) is 5.69 Å². The lowest BCUT2D eigenvalue weighted by atomic mass is 9.81. The highest BCUT2D eigenvalue weighted by molar-refractivity contribution is 7.91. The van der Waals surface area contributed by atoms with Gasteiger partial charge in [-0.2, -0.15) is 5.26 Å². The minimum atomic E-state index is -3.47. The standard InChI is InChI=1S/C24H23N5O4S/c25-11-15-2-1-3-19(10-15)34(31,32)14-16-8-18(9-16)28-22-20-4-6-26-23(20)27-12-21(22)24-29-17(5-7-30)13-33-24/h1-4,6,10,12-13,16,18,30H,5,7-9,14H2,(H2,26,27,28). The number of oxazole rings is 1. The third-order valence-corrected chi connectivity index (χ3v) is 7.98. The van der Waals surface area contributed by atoms with Gasteiger partial charge in [0.2, 0.25) is 5.89 Å². The van der Waals surface area contributed by atoms with Crippen LogP contribution in [0.1, 0.15) is 24.1 Å². The van der Waals surface area contributed by atoms with E-state index in [2.05, 4.69) is 20.3 Å². The molecule has 0 atom stereocenters. The Labute approximate surface area is 196 Å². The summed E-state index contributed by atoms with van der Waals surface area (Å²) in [6, 6.07) is 10.2. The summed E-state index contributed by atoms with van der Waals surface area (Å²) < 4.78 is 31.3. The molecule has 0 radical (unpaired) electrons. The van der Waals surface area contributed by atoms with Gasteiger partial charge in [-0.05, 0) is 43.0 Å². The number of aromatic amines is 1. The molecule has 1 aliphatic carbocycles. The molecule has 5 rings (SSSR count). The van der Waals surface area contributed by atoms with E-state index in [1.807, 2.05) is 18.3 Å². The molecule has 3 N–H and O–H groups in total. The lowest BCUT2D eigenvalue weighted by Gasteiger charge is -2.36. The first-order valence-electron chi connectivity index (χ1n) is 11.0. The minimum Gasteiger partial charge on any atom is -0.444 e. The molecule has 174 valence electrons. The van der Waals surface area contributed by atoms with Crippen LogP contribution in [-0.2, 0) is 16.3 Å². The number of pyridine rings is 1. The minimum absolute atomic E-state index is 0.0145. The molecule has 0 spiro atoms. The van der Waals surface area contributed by atoms with E-state index in [4.69, 9.17) is 14.8 Å². The van der Waals surface area contributed by atoms with Gasteiger partial charge in [0.15, 0.2) is 9.84 Å². The largest absolute Gasteiger partial charge is 0.444 e. The summed E-state index contributed by atoms with van der Waals surface area (Å²) in [5.74, 6) is 0.489. The van der Waals surface area contributed by atoms with Gasteiger partial charge in [0.25, 0.3) is 0 Å². The van der Waals surface area contributed by atoms with Crippen molar-refractivity contribution < 1.29 is 17.9 Å². The van der Waals surface area contributed by atoms with Gasteiger partial charge in [0.05, 0.1) is 39.2 Å². The highest BCUT2D eigenvalue weighted by Gasteiger charge is 2.34. The van der Waals surface area contributed by atoms with Crippen molar-refractivity contribution in [3.8, 4) is 17.5 Å². The van der Waals surface area contributed by atoms with Gasteiger partial charge >= 0.3 is 0 Å². The average Bonchev–Trinajstić information content (AvgIpc) is 3.47. The van der Waals surface area contributed by atoms with Crippen LogP contribution in [0.2, 0.25) is 0 Å². The Hall–Kier alpha value is -3.68. The van der Waals surface area contributed by atoms with Gasteiger partial charge in [-0.3, -0.25) is 0 Å². The van der Waals surface area contributed by atoms with E-state index in [1.165, 1.54) is 18.4 Å². The normalized spacial score (nSPS) is 17.9. The molecule has 1 aromatic carbocycles. The molecule has 1 fully saturated rings. The number of aromatic nitrogens is 3. The summed E-state index contributed by atoms with van der Waals surface area (Å²) in [4.78, 5) is 12.2. The molecular weight excluding hydrogens is 454 g/mol. The van der Waals surface area contributed by atoms with Crippen molar-refractivity contribution in [1.29, 1.82) is 5.26 Å². The second-order valence-electron chi connectivity index (χ2n) is 8.50. The van der Waals surface area contributed by atoms with Gasteiger partial charge in [0.1, 0.15) is 11.9 Å². The number of fused-ring (bicyclic) bond motifs is 1. The summed E-state index contributed by atoms with van der Waals surface area (Å²) in [6.07, 6.45) is 6.84. The molecule has 10 heteroatoms. The molecule has 0 unspecified atom stereocenters. The first kappa shape index (κ1) is 22.1. The van der Waals surface area contributed by atoms with E-state index in [1.54, 1.807) is 18.3 Å². The maximum atomic E-state index is 12.8. The number of benzene rings is 1. The number of hydrogen-bond donors (Lipinski definition) is 3. The van der Waals surface area contributed by atoms with Crippen molar-refractivity contribution in [3.63, 3.8) is 0 Å². The number of nitrogens with zero attached hydrogens (tertiary/aromatic N) is 3. The molecule has 4 aromatic rings. The summed E-state index contributed by atoms with van der Waals surface area (Å²) in [5.41, 5.74) is 3.26. The second-order valence-corrected chi connectivity index (χ2v) is 10.5. The Morgan fingerprint density at radius 3 is 2.94 bits per heavy atom. The predicted molar refractivity (Wildman–Crippen MR) is 126 cm³/mol. The third kappa shape index (κ3) is 4.27. The number of nitriles is 1. The topological polar surface area (TPSA) is 145 Å². The van der Waals surface area contributed by atoms with Gasteiger partial charge in [-0.15, -0.1) is 0 Å². The van der Waals surface area contributed by atoms with Crippen LogP contribution in [0.5, 0.6) is 0 Å². The van der Waals surface area contributed by atoms with Crippen molar-refractivity contribution in [3.05, 3.63) is 60.2 Å². The van der Waals surface area contributed by atoms with E-state index < -0.39 is 9.84 Å². The van der Waals surface area contributed by atoms with Crippen molar-refractivity contribution >= 4 is 26.6 Å². The zero-order valence-corrected chi connectivity index (χ0v) is 19.0. The molecule has 3 aromatic heterocycles. The van der Waals surface area contributed by atoms with E-state index in [0.717, 1.165) is 16.7 Å². The number of hydrogen-bond acceptors (Lipinski definition) is 8. The van der Waals surface area contributed by atoms with Crippen LogP contribution in [0.15, 0.2) is 58.3 Å². The fourth-order valence-corrected chi connectivity index (χ4v) is 6.02. The van der Waals surface area contributed by atoms with Crippen molar-refractivity contribution in [2.45, 2.75) is 30.2 Å². The highest BCUT2D eigenvalue weighted by atomic mass is 32.2. The molecule has 3 heterocycles. The van der Waals surface area contributed by atoms with E-state index in [-0.39, 0.29) is 29.2 Å². The van der Waals surface area contributed by atoms with Crippen LogP contribution < -0.4 is 5.32 Å². The number of sulfone groups is 1. The zero-order valence-electron chi connectivity index (χ0n) is 18.2. The van der Waals surface area contributed by atoms with E-state index in [0.29, 0.717) is 42.0 Å². The predicted octanol–water partition coefficient (Wildman–Crippen LogP) is 3.29. The average molecular weight is 478 g/mol. The molecule has 0 amide bonds. The van der Waals surface area contributed by atoms with Gasteiger partial charge in [-0.25, -0.2) is 18.4 Å². The summed E-state index contributed by atoms with van der Waals surface area (Å²) in [7, 11) is -3.47. The van der Waals surface area contributed by atoms with Crippen LogP contribution >= 0.6 is 0 Å². The Morgan fingerprint density at radius 1 is 1.29 bits per heavy atom. The van der Waals surface area contributed by atoms with Crippen molar-refractivity contribution in [1.82, 2.24) is 15.0 Å². The van der Waals surface area contributed by atoms with Gasteiger partial charge < -0.3 is 19.8 Å². The molecule has 0 saturated heterocycles. The van der Waals surface area contributed by atoms with E-state index >= 15 is 0 Å². The molecule has 0 bridgehead atoms. The Bertz CT molecular complexity index is 1480. The molecule has 9 nitrogen and oxygen atoms in total. The Morgan fingerprint density at radius 2 is 2.15 bits per heavy atom. The summed E-state index contributed by atoms with van der Waals surface area (Å²) in [6.45, 7) is -0.0145. The second kappa shape index (κ2) is 8.93. The van der Waals surface area contributed by atoms with Crippen LogP contribution in [0, 0.1) is 17.2 Å². The van der Waals surface area contributed by atoms with Gasteiger partial charge in [-0.1, -0.05) is 6.07 Å². The lowest BCUT2D eigenvalue weighted by molar-refractivity contribution is 0.298. The number of aliphatic hydroxyl groups excluding tert-OH is 1. The Kier molecular flexibility index (Phi) is 5.81.